The van der Waals surface area contributed by atoms with E-state index in [1.54, 1.807) is 6.07 Å². The number of allylic oxidation sites excluding steroid dienone is 2. The van der Waals surface area contributed by atoms with Gasteiger partial charge in [0.25, 0.3) is 0 Å². The molecular weight excluding hydrogens is 283 g/mol. The van der Waals surface area contributed by atoms with Gasteiger partial charge in [0.15, 0.2) is 0 Å². The SMILES string of the molecule is Fc1ccc2c(c1)C1(CC3C4C=CC(C4)C3C1)c1ccccc1-2. The van der Waals surface area contributed by atoms with E-state index < -0.39 is 0 Å². The lowest BCUT2D eigenvalue weighted by atomic mass is 9.74. The van der Waals surface area contributed by atoms with Gasteiger partial charge in [-0.15, -0.1) is 0 Å². The standard InChI is InChI=1S/C22H19F/c23-15-7-8-17-16-3-1-2-4-20(16)22(21(17)10-15)11-18-13-5-6-14(9-13)19(18)12-22/h1-8,10,13-14,18-19H,9,11-12H2. The van der Waals surface area contributed by atoms with Crippen molar-refractivity contribution in [2.24, 2.45) is 23.7 Å². The highest BCUT2D eigenvalue weighted by atomic mass is 19.1. The topological polar surface area (TPSA) is 0 Å². The van der Waals surface area contributed by atoms with Gasteiger partial charge in [0.2, 0.25) is 0 Å². The predicted molar refractivity (Wildman–Crippen MR) is 89.6 cm³/mol. The van der Waals surface area contributed by atoms with E-state index in [1.165, 1.54) is 41.5 Å². The summed E-state index contributed by atoms with van der Waals surface area (Å²) in [4.78, 5) is 0. The van der Waals surface area contributed by atoms with Crippen LogP contribution in [0.1, 0.15) is 30.4 Å². The van der Waals surface area contributed by atoms with Crippen LogP contribution in [0.5, 0.6) is 0 Å². The van der Waals surface area contributed by atoms with Gasteiger partial charge >= 0.3 is 0 Å². The van der Waals surface area contributed by atoms with Crippen molar-refractivity contribution < 1.29 is 4.39 Å². The van der Waals surface area contributed by atoms with Crippen molar-refractivity contribution in [3.63, 3.8) is 0 Å². The van der Waals surface area contributed by atoms with Gasteiger partial charge in [-0.05, 0) is 77.3 Å². The van der Waals surface area contributed by atoms with E-state index in [2.05, 4.69) is 36.4 Å². The number of benzene rings is 2. The molecule has 6 rings (SSSR count). The van der Waals surface area contributed by atoms with Crippen LogP contribution in [0.25, 0.3) is 11.1 Å². The lowest BCUT2D eigenvalue weighted by Crippen LogP contribution is -2.23. The highest BCUT2D eigenvalue weighted by Crippen LogP contribution is 2.66. The van der Waals surface area contributed by atoms with Crippen LogP contribution in [0.15, 0.2) is 54.6 Å². The third-order valence-corrected chi connectivity index (χ3v) is 7.20. The Kier molecular flexibility index (Phi) is 2.15. The first-order valence-corrected chi connectivity index (χ1v) is 8.84. The molecule has 0 aliphatic heterocycles. The maximum absolute atomic E-state index is 14.1. The number of hydrogen-bond donors (Lipinski definition) is 0. The van der Waals surface area contributed by atoms with E-state index in [0.717, 1.165) is 23.7 Å². The molecule has 2 fully saturated rings. The van der Waals surface area contributed by atoms with Crippen LogP contribution in [0, 0.1) is 29.5 Å². The lowest BCUT2D eigenvalue weighted by molar-refractivity contribution is 0.364. The summed E-state index contributed by atoms with van der Waals surface area (Å²) in [6.07, 6.45) is 8.69. The molecule has 0 saturated heterocycles. The molecule has 0 N–H and O–H groups in total. The van der Waals surface area contributed by atoms with Gasteiger partial charge in [-0.1, -0.05) is 42.5 Å². The summed E-state index contributed by atoms with van der Waals surface area (Å²) in [5.41, 5.74) is 5.37. The summed E-state index contributed by atoms with van der Waals surface area (Å²) in [5.74, 6) is 3.05. The van der Waals surface area contributed by atoms with Crippen molar-refractivity contribution in [3.8, 4) is 11.1 Å². The van der Waals surface area contributed by atoms with Gasteiger partial charge in [-0.25, -0.2) is 4.39 Å². The summed E-state index contributed by atoms with van der Waals surface area (Å²) in [7, 11) is 0. The Balaban J connectivity index is 1.59. The zero-order valence-corrected chi connectivity index (χ0v) is 13.0. The molecule has 2 aromatic carbocycles. The first kappa shape index (κ1) is 12.5. The van der Waals surface area contributed by atoms with Crippen LogP contribution in [0.3, 0.4) is 0 Å². The molecule has 1 heteroatoms. The molecule has 114 valence electrons. The Labute approximate surface area is 136 Å². The van der Waals surface area contributed by atoms with Crippen LogP contribution in [-0.4, -0.2) is 0 Å². The Morgan fingerprint density at radius 1 is 0.826 bits per heavy atom. The van der Waals surface area contributed by atoms with Gasteiger partial charge in [0.1, 0.15) is 5.82 Å². The molecule has 1 spiro atoms. The van der Waals surface area contributed by atoms with Crippen molar-refractivity contribution in [2.75, 3.05) is 0 Å². The monoisotopic (exact) mass is 302 g/mol. The fourth-order valence-corrected chi connectivity index (χ4v) is 6.39. The fourth-order valence-electron chi connectivity index (χ4n) is 6.39. The molecule has 2 bridgehead atoms. The minimum atomic E-state index is -0.0888. The second-order valence-corrected chi connectivity index (χ2v) is 8.00. The molecule has 4 aliphatic carbocycles. The van der Waals surface area contributed by atoms with Crippen LogP contribution in [0.4, 0.5) is 4.39 Å². The third-order valence-electron chi connectivity index (χ3n) is 7.20. The van der Waals surface area contributed by atoms with Crippen LogP contribution < -0.4 is 0 Å². The van der Waals surface area contributed by atoms with E-state index >= 15 is 0 Å². The summed E-state index contributed by atoms with van der Waals surface area (Å²) in [5, 5.41) is 0. The molecule has 4 aliphatic rings. The summed E-state index contributed by atoms with van der Waals surface area (Å²) >= 11 is 0. The normalized spacial score (nSPS) is 38.1. The average molecular weight is 302 g/mol. The summed E-state index contributed by atoms with van der Waals surface area (Å²) in [6.45, 7) is 0. The zero-order valence-electron chi connectivity index (χ0n) is 13.0. The Hall–Kier alpha value is -1.89. The summed E-state index contributed by atoms with van der Waals surface area (Å²) < 4.78 is 14.1. The molecular formula is C22H19F. The van der Waals surface area contributed by atoms with E-state index in [1.807, 2.05) is 12.1 Å². The largest absolute Gasteiger partial charge is 0.207 e. The molecule has 23 heavy (non-hydrogen) atoms. The van der Waals surface area contributed by atoms with Crippen LogP contribution >= 0.6 is 0 Å². The van der Waals surface area contributed by atoms with Crippen molar-refractivity contribution in [1.82, 2.24) is 0 Å². The molecule has 2 aromatic rings. The lowest BCUT2D eigenvalue weighted by Gasteiger charge is -2.29. The predicted octanol–water partition coefficient (Wildman–Crippen LogP) is 5.32. The third kappa shape index (κ3) is 1.38. The molecule has 2 saturated carbocycles. The van der Waals surface area contributed by atoms with Crippen LogP contribution in [-0.2, 0) is 5.41 Å². The van der Waals surface area contributed by atoms with Crippen molar-refractivity contribution in [2.45, 2.75) is 24.7 Å². The minimum Gasteiger partial charge on any atom is -0.207 e. The highest BCUT2D eigenvalue weighted by Gasteiger charge is 2.58. The van der Waals surface area contributed by atoms with Gasteiger partial charge < -0.3 is 0 Å². The van der Waals surface area contributed by atoms with Crippen LogP contribution in [0.2, 0.25) is 0 Å². The number of hydrogen-bond acceptors (Lipinski definition) is 0. The van der Waals surface area contributed by atoms with E-state index in [9.17, 15) is 4.39 Å². The molecule has 4 atom stereocenters. The second-order valence-electron chi connectivity index (χ2n) is 8.00. The molecule has 4 unspecified atom stereocenters. The maximum atomic E-state index is 14.1. The molecule has 0 heterocycles. The number of rotatable bonds is 0. The maximum Gasteiger partial charge on any atom is 0.123 e. The van der Waals surface area contributed by atoms with Gasteiger partial charge in [0, 0.05) is 5.41 Å². The fraction of sp³-hybridized carbons (Fsp3) is 0.364. The molecule has 0 amide bonds. The number of fused-ring (bicyclic) bond motifs is 10. The quantitative estimate of drug-likeness (QED) is 0.577. The Morgan fingerprint density at radius 2 is 1.52 bits per heavy atom. The average Bonchev–Trinajstić information content (AvgIpc) is 3.30. The Bertz CT molecular complexity index is 842. The van der Waals surface area contributed by atoms with E-state index in [0.29, 0.717) is 0 Å². The van der Waals surface area contributed by atoms with E-state index in [-0.39, 0.29) is 11.2 Å². The molecule has 0 radical (unpaired) electrons. The van der Waals surface area contributed by atoms with Gasteiger partial charge in [-0.2, -0.15) is 0 Å². The molecule has 0 aromatic heterocycles. The van der Waals surface area contributed by atoms with Gasteiger partial charge in [-0.3, -0.25) is 0 Å². The smallest absolute Gasteiger partial charge is 0.123 e. The first-order chi connectivity index (χ1) is 11.3. The zero-order chi connectivity index (χ0) is 15.2. The number of halogens is 1. The van der Waals surface area contributed by atoms with Crippen molar-refractivity contribution in [3.05, 3.63) is 71.6 Å². The van der Waals surface area contributed by atoms with Crippen molar-refractivity contribution in [1.29, 1.82) is 0 Å². The first-order valence-electron chi connectivity index (χ1n) is 8.84. The minimum absolute atomic E-state index is 0.0618. The summed E-state index contributed by atoms with van der Waals surface area (Å²) in [6, 6.07) is 14.2. The van der Waals surface area contributed by atoms with E-state index in [4.69, 9.17) is 0 Å². The second kappa shape index (κ2) is 3.95. The highest BCUT2D eigenvalue weighted by molar-refractivity contribution is 5.81. The molecule has 0 nitrogen and oxygen atoms in total. The van der Waals surface area contributed by atoms with Gasteiger partial charge in [0.05, 0.1) is 0 Å². The van der Waals surface area contributed by atoms with Crippen molar-refractivity contribution >= 4 is 0 Å². The Morgan fingerprint density at radius 3 is 2.30 bits per heavy atom.